The second kappa shape index (κ2) is 12.5. The van der Waals surface area contributed by atoms with E-state index in [1.807, 2.05) is 27.7 Å². The highest BCUT2D eigenvalue weighted by atomic mass is 15.1. The van der Waals surface area contributed by atoms with Crippen LogP contribution in [-0.4, -0.2) is 37.1 Å². The van der Waals surface area contributed by atoms with Crippen LogP contribution in [-0.2, 0) is 0 Å². The Bertz CT molecular complexity index is 365. The third-order valence-electron chi connectivity index (χ3n) is 7.24. The normalized spacial score (nSPS) is 38.3. The fourth-order valence-corrected chi connectivity index (χ4v) is 6.13. The Morgan fingerprint density at radius 3 is 1.93 bits per heavy atom. The lowest BCUT2D eigenvalue weighted by Crippen LogP contribution is -2.46. The summed E-state index contributed by atoms with van der Waals surface area (Å²) in [5, 5.41) is 3.72. The van der Waals surface area contributed by atoms with Gasteiger partial charge >= 0.3 is 0 Å². The van der Waals surface area contributed by atoms with Gasteiger partial charge in [0.1, 0.15) is 0 Å². The van der Waals surface area contributed by atoms with Gasteiger partial charge in [-0.3, -0.25) is 0 Å². The average molecular weight is 381 g/mol. The van der Waals surface area contributed by atoms with E-state index in [4.69, 9.17) is 0 Å². The Morgan fingerprint density at radius 1 is 0.778 bits per heavy atom. The van der Waals surface area contributed by atoms with Gasteiger partial charge in [-0.1, -0.05) is 54.4 Å². The molecule has 2 heterocycles. The quantitative estimate of drug-likeness (QED) is 0.492. The molecule has 1 N–H and O–H groups in total. The molecule has 27 heavy (non-hydrogen) atoms. The van der Waals surface area contributed by atoms with Gasteiger partial charge in [0.2, 0.25) is 0 Å². The van der Waals surface area contributed by atoms with Crippen LogP contribution >= 0.6 is 0 Å². The standard InChI is InChI=1S/C11H21N.C10H19N.2C2H6/c1-10-4-6-11(8-10)5-3-7-12(2)9-11;1-9-4-6-10(8-9)5-2-3-7-11-10;2*1-2/h10H,3-9H2,1-2H3;9,11H,2-8H2,1H3;2*1-2H3. The first kappa shape index (κ1) is 25.0. The molecule has 162 valence electrons. The fourth-order valence-electron chi connectivity index (χ4n) is 6.13. The Hall–Kier alpha value is -0.0800. The van der Waals surface area contributed by atoms with Gasteiger partial charge in [-0.25, -0.2) is 0 Å². The minimum Gasteiger partial charge on any atom is -0.311 e. The predicted octanol–water partition coefficient (Wildman–Crippen LogP) is 6.89. The molecule has 2 heteroatoms. The van der Waals surface area contributed by atoms with Gasteiger partial charge in [0.25, 0.3) is 0 Å². The molecule has 2 aliphatic carbocycles. The summed E-state index contributed by atoms with van der Waals surface area (Å²) in [6, 6.07) is 0. The Labute approximate surface area is 172 Å². The first-order valence-electron chi connectivity index (χ1n) is 12.4. The Balaban J connectivity index is 0.000000229. The first-order chi connectivity index (χ1) is 13.0. The fraction of sp³-hybridized carbons (Fsp3) is 1.00. The lowest BCUT2D eigenvalue weighted by molar-refractivity contribution is 0.111. The van der Waals surface area contributed by atoms with Gasteiger partial charge in [-0.15, -0.1) is 0 Å². The maximum atomic E-state index is 3.72. The van der Waals surface area contributed by atoms with E-state index in [0.717, 1.165) is 17.3 Å². The van der Waals surface area contributed by atoms with Crippen molar-refractivity contribution in [3.8, 4) is 0 Å². The van der Waals surface area contributed by atoms with Crippen LogP contribution in [0.25, 0.3) is 0 Å². The molecule has 2 saturated carbocycles. The van der Waals surface area contributed by atoms with E-state index in [1.54, 1.807) is 0 Å². The van der Waals surface area contributed by atoms with Gasteiger partial charge in [0, 0.05) is 12.1 Å². The Kier molecular flexibility index (Phi) is 11.5. The highest BCUT2D eigenvalue weighted by molar-refractivity contribution is 4.96. The number of nitrogens with zero attached hydrogens (tertiary/aromatic N) is 1. The van der Waals surface area contributed by atoms with Crippen molar-refractivity contribution in [2.24, 2.45) is 17.3 Å². The second-order valence-electron chi connectivity index (χ2n) is 9.70. The van der Waals surface area contributed by atoms with Gasteiger partial charge < -0.3 is 10.2 Å². The third kappa shape index (κ3) is 7.69. The molecule has 4 atom stereocenters. The summed E-state index contributed by atoms with van der Waals surface area (Å²) in [6.07, 6.45) is 16.0. The van der Waals surface area contributed by atoms with E-state index >= 15 is 0 Å². The zero-order valence-electron chi connectivity index (χ0n) is 20.0. The van der Waals surface area contributed by atoms with Crippen LogP contribution in [0.15, 0.2) is 0 Å². The molecule has 2 spiro atoms. The predicted molar refractivity (Wildman–Crippen MR) is 122 cm³/mol. The number of hydrogen-bond donors (Lipinski definition) is 1. The smallest absolute Gasteiger partial charge is 0.0184 e. The first-order valence-corrected chi connectivity index (χ1v) is 12.4. The van der Waals surface area contributed by atoms with Crippen molar-refractivity contribution < 1.29 is 0 Å². The lowest BCUT2D eigenvalue weighted by Gasteiger charge is -2.39. The molecule has 0 radical (unpaired) electrons. The minimum atomic E-state index is 0.595. The molecule has 0 aromatic heterocycles. The van der Waals surface area contributed by atoms with Crippen LogP contribution in [0, 0.1) is 17.3 Å². The third-order valence-corrected chi connectivity index (χ3v) is 7.24. The molecule has 4 unspecified atom stereocenters. The lowest BCUT2D eigenvalue weighted by atomic mass is 9.78. The molecule has 2 nitrogen and oxygen atoms in total. The largest absolute Gasteiger partial charge is 0.311 e. The van der Waals surface area contributed by atoms with Gasteiger partial charge in [0.15, 0.2) is 0 Å². The van der Waals surface area contributed by atoms with E-state index < -0.39 is 0 Å². The molecule has 0 bridgehead atoms. The van der Waals surface area contributed by atoms with E-state index in [9.17, 15) is 0 Å². The van der Waals surface area contributed by atoms with E-state index in [1.165, 1.54) is 90.3 Å². The highest BCUT2D eigenvalue weighted by Crippen LogP contribution is 2.47. The molecular formula is C25H52N2. The number of rotatable bonds is 0. The van der Waals surface area contributed by atoms with Crippen LogP contribution in [0.3, 0.4) is 0 Å². The van der Waals surface area contributed by atoms with Crippen LogP contribution in [0.2, 0.25) is 0 Å². The molecule has 4 aliphatic rings. The summed E-state index contributed by atoms with van der Waals surface area (Å²) in [5.74, 6) is 1.97. The second-order valence-corrected chi connectivity index (χ2v) is 9.70. The minimum absolute atomic E-state index is 0.595. The summed E-state index contributed by atoms with van der Waals surface area (Å²) >= 11 is 0. The van der Waals surface area contributed by atoms with Crippen LogP contribution in [0.4, 0.5) is 0 Å². The number of nitrogens with one attached hydrogen (secondary N) is 1. The maximum Gasteiger partial charge on any atom is 0.0184 e. The molecule has 2 saturated heterocycles. The van der Waals surface area contributed by atoms with Gasteiger partial charge in [0.05, 0.1) is 0 Å². The van der Waals surface area contributed by atoms with E-state index in [-0.39, 0.29) is 0 Å². The molecule has 2 aliphatic heterocycles. The molecule has 0 aromatic carbocycles. The van der Waals surface area contributed by atoms with Crippen LogP contribution < -0.4 is 5.32 Å². The summed E-state index contributed by atoms with van der Waals surface area (Å²) in [7, 11) is 2.28. The van der Waals surface area contributed by atoms with Crippen molar-refractivity contribution >= 4 is 0 Å². The molecular weight excluding hydrogens is 328 g/mol. The van der Waals surface area contributed by atoms with E-state index in [0.29, 0.717) is 5.54 Å². The number of piperidine rings is 2. The molecule has 0 amide bonds. The zero-order valence-corrected chi connectivity index (χ0v) is 20.0. The SMILES string of the molecule is CC.CC.CC1CCC2(CCCCN2)C1.CC1CCC2(CCCN(C)C2)C1. The summed E-state index contributed by atoms with van der Waals surface area (Å²) < 4.78 is 0. The van der Waals surface area contributed by atoms with Crippen LogP contribution in [0.1, 0.15) is 112 Å². The van der Waals surface area contributed by atoms with Gasteiger partial charge in [-0.05, 0) is 95.2 Å². The van der Waals surface area contributed by atoms with Gasteiger partial charge in [-0.2, -0.15) is 0 Å². The monoisotopic (exact) mass is 380 g/mol. The molecule has 4 rings (SSSR count). The number of hydrogen-bond acceptors (Lipinski definition) is 2. The van der Waals surface area contributed by atoms with Crippen molar-refractivity contribution in [1.29, 1.82) is 0 Å². The van der Waals surface area contributed by atoms with Crippen molar-refractivity contribution in [3.05, 3.63) is 0 Å². The number of likely N-dealkylation sites (tertiary alicyclic amines) is 1. The highest BCUT2D eigenvalue weighted by Gasteiger charge is 2.39. The van der Waals surface area contributed by atoms with Crippen LogP contribution in [0.5, 0.6) is 0 Å². The summed E-state index contributed by atoms with van der Waals surface area (Å²) in [6.45, 7) is 16.8. The summed E-state index contributed by atoms with van der Waals surface area (Å²) in [4.78, 5) is 2.53. The Morgan fingerprint density at radius 2 is 1.44 bits per heavy atom. The molecule has 0 aromatic rings. The topological polar surface area (TPSA) is 15.3 Å². The summed E-state index contributed by atoms with van der Waals surface area (Å²) in [5.41, 5.74) is 1.34. The zero-order chi connectivity index (χ0) is 20.3. The maximum absolute atomic E-state index is 3.72. The average Bonchev–Trinajstić information content (AvgIpc) is 3.22. The van der Waals surface area contributed by atoms with Crippen molar-refractivity contribution in [3.63, 3.8) is 0 Å². The van der Waals surface area contributed by atoms with Crippen molar-refractivity contribution in [2.75, 3.05) is 26.7 Å². The van der Waals surface area contributed by atoms with Crippen molar-refractivity contribution in [2.45, 2.75) is 118 Å². The van der Waals surface area contributed by atoms with Crippen molar-refractivity contribution in [1.82, 2.24) is 10.2 Å². The molecule has 4 fully saturated rings. The van der Waals surface area contributed by atoms with E-state index in [2.05, 4.69) is 31.1 Å².